The average molecular weight is 315 g/mol. The number of rotatable bonds is 4. The Bertz CT molecular complexity index is 389. The molecule has 1 aromatic rings. The van der Waals surface area contributed by atoms with Crippen LogP contribution in [0.2, 0.25) is 0 Å². The Balaban J connectivity index is 1.85. The van der Waals surface area contributed by atoms with Gasteiger partial charge in [-0.15, -0.1) is 11.8 Å². The predicted octanol–water partition coefficient (Wildman–Crippen LogP) is 3.54. The molecule has 1 heterocycles. The van der Waals surface area contributed by atoms with Crippen LogP contribution in [0.1, 0.15) is 12.8 Å². The summed E-state index contributed by atoms with van der Waals surface area (Å²) < 4.78 is 6.33. The number of carbonyl (C=O) groups is 1. The molecule has 1 aliphatic rings. The van der Waals surface area contributed by atoms with E-state index in [4.69, 9.17) is 4.74 Å². The van der Waals surface area contributed by atoms with Gasteiger partial charge in [0.25, 0.3) is 0 Å². The van der Waals surface area contributed by atoms with Gasteiger partial charge in [-0.2, -0.15) is 0 Å². The van der Waals surface area contributed by atoms with Crippen molar-refractivity contribution >= 4 is 33.5 Å². The first-order valence-electron chi connectivity index (χ1n) is 5.75. The van der Waals surface area contributed by atoms with Crippen molar-refractivity contribution in [3.05, 3.63) is 28.7 Å². The molecule has 0 N–H and O–H groups in total. The van der Waals surface area contributed by atoms with Gasteiger partial charge in [-0.1, -0.05) is 12.1 Å². The Morgan fingerprint density at radius 3 is 2.76 bits per heavy atom. The Kier molecular flexibility index (Phi) is 5.07. The summed E-state index contributed by atoms with van der Waals surface area (Å²) in [6.07, 6.45) is 1.77. The average Bonchev–Trinajstić information content (AvgIpc) is 2.38. The topological polar surface area (TPSA) is 26.3 Å². The molecule has 1 fully saturated rings. The minimum Gasteiger partial charge on any atom is -0.381 e. The van der Waals surface area contributed by atoms with Crippen LogP contribution in [0.15, 0.2) is 33.6 Å². The van der Waals surface area contributed by atoms with E-state index in [-0.39, 0.29) is 5.92 Å². The zero-order valence-corrected chi connectivity index (χ0v) is 11.9. The van der Waals surface area contributed by atoms with Crippen LogP contribution in [-0.4, -0.2) is 24.7 Å². The lowest BCUT2D eigenvalue weighted by Crippen LogP contribution is -2.24. The molecule has 0 unspecified atom stereocenters. The van der Waals surface area contributed by atoms with Crippen LogP contribution in [0.3, 0.4) is 0 Å². The highest BCUT2D eigenvalue weighted by molar-refractivity contribution is 9.10. The molecule has 1 saturated heterocycles. The molecule has 92 valence electrons. The zero-order chi connectivity index (χ0) is 12.1. The Morgan fingerprint density at radius 1 is 1.35 bits per heavy atom. The summed E-state index contributed by atoms with van der Waals surface area (Å²) in [6, 6.07) is 8.01. The zero-order valence-electron chi connectivity index (χ0n) is 9.52. The van der Waals surface area contributed by atoms with Crippen LogP contribution in [0.25, 0.3) is 0 Å². The van der Waals surface area contributed by atoms with Gasteiger partial charge in [0, 0.05) is 28.5 Å². The highest BCUT2D eigenvalue weighted by atomic mass is 79.9. The number of ketones is 1. The molecule has 0 aromatic heterocycles. The van der Waals surface area contributed by atoms with Crippen LogP contribution >= 0.6 is 27.7 Å². The number of hydrogen-bond acceptors (Lipinski definition) is 3. The number of benzene rings is 1. The summed E-state index contributed by atoms with van der Waals surface area (Å²) in [7, 11) is 0. The second-order valence-electron chi connectivity index (χ2n) is 4.07. The van der Waals surface area contributed by atoms with Crippen molar-refractivity contribution in [2.75, 3.05) is 19.0 Å². The number of thioether (sulfide) groups is 1. The van der Waals surface area contributed by atoms with E-state index in [0.717, 1.165) is 35.4 Å². The van der Waals surface area contributed by atoms with E-state index in [1.54, 1.807) is 11.8 Å². The minimum absolute atomic E-state index is 0.207. The van der Waals surface area contributed by atoms with Crippen molar-refractivity contribution in [1.82, 2.24) is 0 Å². The van der Waals surface area contributed by atoms with E-state index in [1.807, 2.05) is 24.3 Å². The van der Waals surface area contributed by atoms with Gasteiger partial charge in [-0.25, -0.2) is 0 Å². The molecule has 1 aliphatic heterocycles. The third-order valence-electron chi connectivity index (χ3n) is 2.88. The molecule has 0 bridgehead atoms. The third kappa shape index (κ3) is 3.83. The van der Waals surface area contributed by atoms with Gasteiger partial charge in [-0.3, -0.25) is 4.79 Å². The van der Waals surface area contributed by atoms with Crippen molar-refractivity contribution in [3.8, 4) is 0 Å². The lowest BCUT2D eigenvalue weighted by molar-refractivity contribution is -0.123. The SMILES string of the molecule is O=C(CSc1ccccc1Br)C1CCOCC1. The molecule has 2 rings (SSSR count). The summed E-state index contributed by atoms with van der Waals surface area (Å²) in [4.78, 5) is 13.1. The van der Waals surface area contributed by atoms with E-state index in [2.05, 4.69) is 15.9 Å². The van der Waals surface area contributed by atoms with Gasteiger partial charge in [0.15, 0.2) is 0 Å². The van der Waals surface area contributed by atoms with E-state index >= 15 is 0 Å². The van der Waals surface area contributed by atoms with E-state index in [1.165, 1.54) is 0 Å². The largest absolute Gasteiger partial charge is 0.381 e. The highest BCUT2D eigenvalue weighted by Gasteiger charge is 2.21. The maximum Gasteiger partial charge on any atom is 0.146 e. The molecule has 0 atom stereocenters. The number of carbonyl (C=O) groups excluding carboxylic acids is 1. The van der Waals surface area contributed by atoms with E-state index in [0.29, 0.717) is 11.5 Å². The highest BCUT2D eigenvalue weighted by Crippen LogP contribution is 2.28. The normalized spacial score (nSPS) is 17.0. The van der Waals surface area contributed by atoms with Crippen LogP contribution in [0.5, 0.6) is 0 Å². The Labute approximate surface area is 114 Å². The Hall–Kier alpha value is -0.320. The van der Waals surface area contributed by atoms with Crippen LogP contribution in [0.4, 0.5) is 0 Å². The fourth-order valence-electron chi connectivity index (χ4n) is 1.85. The fourth-order valence-corrected chi connectivity index (χ4v) is 3.39. The molecule has 0 spiro atoms. The smallest absolute Gasteiger partial charge is 0.146 e. The van der Waals surface area contributed by atoms with Gasteiger partial charge in [-0.05, 0) is 40.9 Å². The van der Waals surface area contributed by atoms with Crippen molar-refractivity contribution in [1.29, 1.82) is 0 Å². The van der Waals surface area contributed by atoms with Crippen LogP contribution < -0.4 is 0 Å². The van der Waals surface area contributed by atoms with Crippen molar-refractivity contribution in [3.63, 3.8) is 0 Å². The first kappa shape index (κ1) is 13.1. The Morgan fingerprint density at radius 2 is 2.06 bits per heavy atom. The third-order valence-corrected chi connectivity index (χ3v) is 4.93. The molecule has 4 heteroatoms. The van der Waals surface area contributed by atoms with Crippen molar-refractivity contribution in [2.45, 2.75) is 17.7 Å². The van der Waals surface area contributed by atoms with Crippen LogP contribution in [-0.2, 0) is 9.53 Å². The van der Waals surface area contributed by atoms with E-state index in [9.17, 15) is 4.79 Å². The molecule has 17 heavy (non-hydrogen) atoms. The standard InChI is InChI=1S/C13H15BrO2S/c14-11-3-1-2-4-13(11)17-9-12(15)10-5-7-16-8-6-10/h1-4,10H,5-9H2. The summed E-state index contributed by atoms with van der Waals surface area (Å²) in [5.41, 5.74) is 0. The lowest BCUT2D eigenvalue weighted by atomic mass is 9.96. The minimum atomic E-state index is 0.207. The molecular formula is C13H15BrO2S. The molecular weight excluding hydrogens is 300 g/mol. The number of hydrogen-bond donors (Lipinski definition) is 0. The van der Waals surface area contributed by atoms with Crippen LogP contribution in [0, 0.1) is 5.92 Å². The van der Waals surface area contributed by atoms with Gasteiger partial charge in [0.1, 0.15) is 5.78 Å². The second kappa shape index (κ2) is 6.57. The molecule has 0 aliphatic carbocycles. The summed E-state index contributed by atoms with van der Waals surface area (Å²) in [5, 5.41) is 0. The molecule has 0 radical (unpaired) electrons. The maximum absolute atomic E-state index is 12.0. The number of ether oxygens (including phenoxy) is 1. The maximum atomic E-state index is 12.0. The van der Waals surface area contributed by atoms with Crippen molar-refractivity contribution in [2.24, 2.45) is 5.92 Å². The molecule has 2 nitrogen and oxygen atoms in total. The fraction of sp³-hybridized carbons (Fsp3) is 0.462. The first-order valence-corrected chi connectivity index (χ1v) is 7.53. The van der Waals surface area contributed by atoms with Gasteiger partial charge < -0.3 is 4.74 Å². The summed E-state index contributed by atoms with van der Waals surface area (Å²) in [5.74, 6) is 1.13. The van der Waals surface area contributed by atoms with Gasteiger partial charge >= 0.3 is 0 Å². The van der Waals surface area contributed by atoms with E-state index < -0.39 is 0 Å². The van der Waals surface area contributed by atoms with Crippen molar-refractivity contribution < 1.29 is 9.53 Å². The number of halogens is 1. The molecule has 0 amide bonds. The first-order chi connectivity index (χ1) is 8.27. The monoisotopic (exact) mass is 314 g/mol. The summed E-state index contributed by atoms with van der Waals surface area (Å²) >= 11 is 5.10. The van der Waals surface area contributed by atoms with Gasteiger partial charge in [0.05, 0.1) is 5.75 Å². The molecule has 1 aromatic carbocycles. The lowest BCUT2D eigenvalue weighted by Gasteiger charge is -2.20. The molecule has 0 saturated carbocycles. The predicted molar refractivity (Wildman–Crippen MR) is 73.4 cm³/mol. The summed E-state index contributed by atoms with van der Waals surface area (Å²) in [6.45, 7) is 1.46. The van der Waals surface area contributed by atoms with Gasteiger partial charge in [0.2, 0.25) is 0 Å². The second-order valence-corrected chi connectivity index (χ2v) is 5.94. The quantitative estimate of drug-likeness (QED) is 0.795. The number of Topliss-reactive ketones (excluding diaryl/α,β-unsaturated/α-hetero) is 1.